The number of rotatable bonds is 4. The molecule has 1 heterocycles. The number of hydrogen-bond donors (Lipinski definition) is 1. The molecule has 1 aromatic heterocycles. The van der Waals surface area contributed by atoms with E-state index in [9.17, 15) is 4.79 Å². The van der Waals surface area contributed by atoms with Crippen LogP contribution in [0, 0.1) is 6.92 Å². The standard InChI is InChI=1S/C16H17NO2/c1-12-4-2-5-13(10-12)16(7-8-16)15(18)17-11-14-6-3-9-19-14/h2-6,9-10H,7-8,11H2,1H3,(H,17,18). The van der Waals surface area contributed by atoms with Gasteiger partial charge in [-0.05, 0) is 37.5 Å². The Balaban J connectivity index is 1.72. The minimum absolute atomic E-state index is 0.106. The van der Waals surface area contributed by atoms with Crippen molar-refractivity contribution in [2.45, 2.75) is 31.7 Å². The highest BCUT2D eigenvalue weighted by Gasteiger charge is 2.51. The second-order valence-corrected chi connectivity index (χ2v) is 5.21. The molecule has 0 unspecified atom stereocenters. The maximum absolute atomic E-state index is 12.4. The smallest absolute Gasteiger partial charge is 0.231 e. The number of amides is 1. The zero-order chi connectivity index (χ0) is 13.3. The minimum Gasteiger partial charge on any atom is -0.467 e. The molecule has 3 nitrogen and oxygen atoms in total. The van der Waals surface area contributed by atoms with Gasteiger partial charge in [-0.2, -0.15) is 0 Å². The lowest BCUT2D eigenvalue weighted by atomic mass is 9.93. The molecule has 2 aromatic rings. The third kappa shape index (κ3) is 2.28. The molecule has 0 aliphatic heterocycles. The normalized spacial score (nSPS) is 16.1. The van der Waals surface area contributed by atoms with E-state index in [-0.39, 0.29) is 11.3 Å². The first kappa shape index (κ1) is 12.0. The monoisotopic (exact) mass is 255 g/mol. The van der Waals surface area contributed by atoms with Gasteiger partial charge in [0.15, 0.2) is 0 Å². The summed E-state index contributed by atoms with van der Waals surface area (Å²) < 4.78 is 5.23. The fourth-order valence-electron chi connectivity index (χ4n) is 2.46. The molecule has 0 atom stereocenters. The van der Waals surface area contributed by atoms with E-state index >= 15 is 0 Å². The van der Waals surface area contributed by atoms with Crippen LogP contribution < -0.4 is 5.32 Å². The Hall–Kier alpha value is -2.03. The van der Waals surface area contributed by atoms with Crippen LogP contribution in [0.25, 0.3) is 0 Å². The van der Waals surface area contributed by atoms with E-state index in [1.807, 2.05) is 24.3 Å². The highest BCUT2D eigenvalue weighted by atomic mass is 16.3. The summed E-state index contributed by atoms with van der Waals surface area (Å²) in [7, 11) is 0. The van der Waals surface area contributed by atoms with Crippen molar-refractivity contribution in [3.63, 3.8) is 0 Å². The summed E-state index contributed by atoms with van der Waals surface area (Å²) in [6.45, 7) is 2.51. The van der Waals surface area contributed by atoms with Gasteiger partial charge in [0.25, 0.3) is 0 Å². The number of benzene rings is 1. The first-order chi connectivity index (χ1) is 9.21. The average molecular weight is 255 g/mol. The quantitative estimate of drug-likeness (QED) is 0.912. The van der Waals surface area contributed by atoms with Gasteiger partial charge in [-0.25, -0.2) is 0 Å². The highest BCUT2D eigenvalue weighted by molar-refractivity contribution is 5.91. The third-order valence-electron chi connectivity index (χ3n) is 3.76. The van der Waals surface area contributed by atoms with Gasteiger partial charge in [0.05, 0.1) is 18.2 Å². The lowest BCUT2D eigenvalue weighted by Gasteiger charge is -2.15. The predicted molar refractivity (Wildman–Crippen MR) is 72.6 cm³/mol. The molecule has 1 N–H and O–H groups in total. The van der Waals surface area contributed by atoms with Gasteiger partial charge in [-0.3, -0.25) is 4.79 Å². The van der Waals surface area contributed by atoms with E-state index in [1.54, 1.807) is 6.26 Å². The largest absolute Gasteiger partial charge is 0.467 e. The Morgan fingerprint density at radius 3 is 2.79 bits per heavy atom. The zero-order valence-corrected chi connectivity index (χ0v) is 11.0. The van der Waals surface area contributed by atoms with Gasteiger partial charge in [0.1, 0.15) is 5.76 Å². The summed E-state index contributed by atoms with van der Waals surface area (Å²) in [6.07, 6.45) is 3.48. The van der Waals surface area contributed by atoms with Crippen molar-refractivity contribution in [2.24, 2.45) is 0 Å². The second-order valence-electron chi connectivity index (χ2n) is 5.21. The van der Waals surface area contributed by atoms with E-state index in [2.05, 4.69) is 24.4 Å². The number of hydrogen-bond acceptors (Lipinski definition) is 2. The van der Waals surface area contributed by atoms with Crippen LogP contribution in [-0.4, -0.2) is 5.91 Å². The third-order valence-corrected chi connectivity index (χ3v) is 3.76. The molecule has 0 bridgehead atoms. The summed E-state index contributed by atoms with van der Waals surface area (Å²) in [6, 6.07) is 11.9. The lowest BCUT2D eigenvalue weighted by molar-refractivity contribution is -0.123. The number of carbonyl (C=O) groups is 1. The van der Waals surface area contributed by atoms with Crippen LogP contribution in [0.5, 0.6) is 0 Å². The van der Waals surface area contributed by atoms with Gasteiger partial charge >= 0.3 is 0 Å². The summed E-state index contributed by atoms with van der Waals surface area (Å²) in [5.74, 6) is 0.892. The van der Waals surface area contributed by atoms with Crippen molar-refractivity contribution >= 4 is 5.91 Å². The number of carbonyl (C=O) groups excluding carboxylic acids is 1. The molecular formula is C16H17NO2. The zero-order valence-electron chi connectivity index (χ0n) is 11.0. The number of nitrogens with one attached hydrogen (secondary N) is 1. The van der Waals surface area contributed by atoms with Crippen LogP contribution in [-0.2, 0) is 16.8 Å². The highest BCUT2D eigenvalue weighted by Crippen LogP contribution is 2.48. The van der Waals surface area contributed by atoms with Gasteiger partial charge in [0.2, 0.25) is 5.91 Å². The lowest BCUT2D eigenvalue weighted by Crippen LogP contribution is -2.34. The second kappa shape index (κ2) is 4.57. The van der Waals surface area contributed by atoms with Gasteiger partial charge in [0, 0.05) is 0 Å². The summed E-state index contributed by atoms with van der Waals surface area (Å²) in [4.78, 5) is 12.4. The van der Waals surface area contributed by atoms with E-state index in [0.717, 1.165) is 24.2 Å². The fraction of sp³-hybridized carbons (Fsp3) is 0.312. The van der Waals surface area contributed by atoms with Crippen molar-refractivity contribution in [2.75, 3.05) is 0 Å². The molecule has 1 fully saturated rings. The first-order valence-corrected chi connectivity index (χ1v) is 6.58. The Bertz CT molecular complexity index is 583. The molecule has 1 aliphatic rings. The van der Waals surface area contributed by atoms with E-state index in [4.69, 9.17) is 4.42 Å². The Kier molecular flexibility index (Phi) is 2.90. The van der Waals surface area contributed by atoms with Crippen molar-refractivity contribution in [1.29, 1.82) is 0 Å². The van der Waals surface area contributed by atoms with Crippen LogP contribution in [0.3, 0.4) is 0 Å². The first-order valence-electron chi connectivity index (χ1n) is 6.58. The van der Waals surface area contributed by atoms with Crippen LogP contribution in [0.15, 0.2) is 47.1 Å². The van der Waals surface area contributed by atoms with Crippen molar-refractivity contribution in [1.82, 2.24) is 5.32 Å². The minimum atomic E-state index is -0.307. The Morgan fingerprint density at radius 1 is 1.32 bits per heavy atom. The van der Waals surface area contributed by atoms with E-state index < -0.39 is 0 Å². The van der Waals surface area contributed by atoms with Crippen LogP contribution in [0.1, 0.15) is 29.7 Å². The molecule has 3 rings (SSSR count). The van der Waals surface area contributed by atoms with Crippen LogP contribution >= 0.6 is 0 Å². The Labute approximate surface area is 112 Å². The van der Waals surface area contributed by atoms with Crippen molar-refractivity contribution in [3.05, 3.63) is 59.5 Å². The van der Waals surface area contributed by atoms with Crippen molar-refractivity contribution in [3.8, 4) is 0 Å². The molecule has 19 heavy (non-hydrogen) atoms. The maximum Gasteiger partial charge on any atom is 0.231 e. The number of furan rings is 1. The van der Waals surface area contributed by atoms with Crippen LogP contribution in [0.2, 0.25) is 0 Å². The maximum atomic E-state index is 12.4. The molecule has 98 valence electrons. The number of aryl methyl sites for hydroxylation is 1. The molecule has 0 radical (unpaired) electrons. The topological polar surface area (TPSA) is 42.2 Å². The van der Waals surface area contributed by atoms with Crippen molar-refractivity contribution < 1.29 is 9.21 Å². The molecule has 3 heteroatoms. The summed E-state index contributed by atoms with van der Waals surface area (Å²) in [5.41, 5.74) is 2.02. The molecule has 0 saturated heterocycles. The molecular weight excluding hydrogens is 238 g/mol. The van der Waals surface area contributed by atoms with Gasteiger partial charge in [-0.1, -0.05) is 29.8 Å². The average Bonchev–Trinajstić information content (AvgIpc) is 3.06. The van der Waals surface area contributed by atoms with Crippen LogP contribution in [0.4, 0.5) is 0 Å². The predicted octanol–water partition coefficient (Wildman–Crippen LogP) is 2.94. The Morgan fingerprint density at radius 2 is 2.16 bits per heavy atom. The molecule has 1 aliphatic carbocycles. The molecule has 0 spiro atoms. The van der Waals surface area contributed by atoms with Gasteiger partial charge < -0.3 is 9.73 Å². The fourth-order valence-corrected chi connectivity index (χ4v) is 2.46. The molecule has 1 amide bonds. The molecule has 1 aromatic carbocycles. The van der Waals surface area contributed by atoms with E-state index in [1.165, 1.54) is 5.56 Å². The summed E-state index contributed by atoms with van der Waals surface area (Å²) in [5, 5.41) is 2.97. The summed E-state index contributed by atoms with van der Waals surface area (Å²) >= 11 is 0. The van der Waals surface area contributed by atoms with E-state index in [0.29, 0.717) is 6.54 Å². The SMILES string of the molecule is Cc1cccc(C2(C(=O)NCc3ccco3)CC2)c1. The van der Waals surface area contributed by atoms with Gasteiger partial charge in [-0.15, -0.1) is 0 Å². The molecule has 1 saturated carbocycles.